The zero-order valence-electron chi connectivity index (χ0n) is 13.2. The highest BCUT2D eigenvalue weighted by Gasteiger charge is 2.14. The largest absolute Gasteiger partial charge is 0.469 e. The average Bonchev–Trinajstić information content (AvgIpc) is 2.50. The van der Waals surface area contributed by atoms with Gasteiger partial charge in [0.05, 0.1) is 13.7 Å². The highest BCUT2D eigenvalue weighted by atomic mass is 16.6. The highest BCUT2D eigenvalue weighted by molar-refractivity contribution is 5.69. The van der Waals surface area contributed by atoms with Crippen LogP contribution in [0.25, 0.3) is 0 Å². The molecule has 0 aromatic rings. The predicted octanol–water partition coefficient (Wildman–Crippen LogP) is 2.38. The van der Waals surface area contributed by atoms with Crippen LogP contribution in [0.15, 0.2) is 0 Å². The van der Waals surface area contributed by atoms with Gasteiger partial charge in [-0.2, -0.15) is 0 Å². The molecule has 6 nitrogen and oxygen atoms in total. The maximum absolute atomic E-state index is 11.4. The van der Waals surface area contributed by atoms with Gasteiger partial charge in [0.15, 0.2) is 0 Å². The predicted molar refractivity (Wildman–Crippen MR) is 76.5 cm³/mol. The molecule has 0 bridgehead atoms. The Morgan fingerprint density at radius 3 is 2.14 bits per heavy atom. The molecular formula is C15H26O6. The molecule has 0 fully saturated rings. The van der Waals surface area contributed by atoms with E-state index in [-0.39, 0.29) is 30.6 Å². The molecule has 0 aromatic carbocycles. The minimum Gasteiger partial charge on any atom is -0.469 e. The minimum absolute atomic E-state index is 0.241. The summed E-state index contributed by atoms with van der Waals surface area (Å²) in [7, 11) is 1.36. The second-order valence-electron chi connectivity index (χ2n) is 4.65. The molecule has 21 heavy (non-hydrogen) atoms. The van der Waals surface area contributed by atoms with Crippen LogP contribution in [0.3, 0.4) is 0 Å². The highest BCUT2D eigenvalue weighted by Crippen LogP contribution is 2.12. The standard InChI is InChI=1S/C15H26O6/c1-4-13(16)20-11-10-12(21-14(17)5-2)8-6-7-9-15(18)19-3/h12H,4-11H2,1-3H3/t12-/m1/s1. The first kappa shape index (κ1) is 19.4. The third-order valence-electron chi connectivity index (χ3n) is 2.96. The number of hydrogen-bond acceptors (Lipinski definition) is 6. The van der Waals surface area contributed by atoms with Crippen LogP contribution >= 0.6 is 0 Å². The molecule has 0 radical (unpaired) electrons. The fourth-order valence-corrected chi connectivity index (χ4v) is 1.68. The Labute approximate surface area is 126 Å². The van der Waals surface area contributed by atoms with Crippen molar-refractivity contribution >= 4 is 17.9 Å². The summed E-state index contributed by atoms with van der Waals surface area (Å²) >= 11 is 0. The van der Waals surface area contributed by atoms with E-state index in [0.717, 1.165) is 6.42 Å². The number of unbranched alkanes of at least 4 members (excludes halogenated alkanes) is 1. The van der Waals surface area contributed by atoms with Crippen molar-refractivity contribution in [2.45, 2.75) is 64.9 Å². The van der Waals surface area contributed by atoms with E-state index in [2.05, 4.69) is 4.74 Å². The lowest BCUT2D eigenvalue weighted by Crippen LogP contribution is -2.20. The Bertz CT molecular complexity index is 326. The van der Waals surface area contributed by atoms with Gasteiger partial charge in [-0.15, -0.1) is 0 Å². The summed E-state index contributed by atoms with van der Waals surface area (Å²) in [6.45, 7) is 3.70. The lowest BCUT2D eigenvalue weighted by Gasteiger charge is -2.17. The number of esters is 3. The fraction of sp³-hybridized carbons (Fsp3) is 0.800. The second-order valence-corrected chi connectivity index (χ2v) is 4.65. The second kappa shape index (κ2) is 12.2. The van der Waals surface area contributed by atoms with Gasteiger partial charge >= 0.3 is 17.9 Å². The van der Waals surface area contributed by atoms with Crippen molar-refractivity contribution < 1.29 is 28.6 Å². The average molecular weight is 302 g/mol. The molecule has 0 N–H and O–H groups in total. The third-order valence-corrected chi connectivity index (χ3v) is 2.96. The van der Waals surface area contributed by atoms with Gasteiger partial charge in [0.25, 0.3) is 0 Å². The zero-order chi connectivity index (χ0) is 16.1. The van der Waals surface area contributed by atoms with Crippen LogP contribution < -0.4 is 0 Å². The molecule has 0 saturated heterocycles. The Kier molecular flexibility index (Phi) is 11.3. The normalized spacial score (nSPS) is 11.6. The fourth-order valence-electron chi connectivity index (χ4n) is 1.68. The summed E-state index contributed by atoms with van der Waals surface area (Å²) in [5.41, 5.74) is 0. The van der Waals surface area contributed by atoms with Crippen LogP contribution in [0.4, 0.5) is 0 Å². The van der Waals surface area contributed by atoms with Crippen LogP contribution in [0.1, 0.15) is 58.8 Å². The van der Waals surface area contributed by atoms with E-state index in [0.29, 0.717) is 38.5 Å². The molecule has 0 aliphatic rings. The smallest absolute Gasteiger partial charge is 0.305 e. The lowest BCUT2D eigenvalue weighted by molar-refractivity contribution is -0.151. The van der Waals surface area contributed by atoms with Crippen molar-refractivity contribution in [1.29, 1.82) is 0 Å². The number of hydrogen-bond donors (Lipinski definition) is 0. The van der Waals surface area contributed by atoms with Crippen LogP contribution in [-0.2, 0) is 28.6 Å². The molecule has 0 amide bonds. The van der Waals surface area contributed by atoms with E-state index >= 15 is 0 Å². The van der Waals surface area contributed by atoms with Gasteiger partial charge in [-0.3, -0.25) is 14.4 Å². The molecule has 0 rings (SSSR count). The molecule has 0 aromatic heterocycles. The zero-order valence-corrected chi connectivity index (χ0v) is 13.2. The van der Waals surface area contributed by atoms with Crippen LogP contribution in [0.2, 0.25) is 0 Å². The molecule has 6 heteroatoms. The van der Waals surface area contributed by atoms with Gasteiger partial charge in [-0.05, 0) is 19.3 Å². The van der Waals surface area contributed by atoms with Crippen LogP contribution in [0.5, 0.6) is 0 Å². The van der Waals surface area contributed by atoms with Crippen molar-refractivity contribution in [2.24, 2.45) is 0 Å². The number of methoxy groups -OCH3 is 1. The Hall–Kier alpha value is -1.59. The maximum Gasteiger partial charge on any atom is 0.305 e. The van der Waals surface area contributed by atoms with E-state index in [1.807, 2.05) is 0 Å². The van der Waals surface area contributed by atoms with Crippen molar-refractivity contribution in [1.82, 2.24) is 0 Å². The molecule has 0 aliphatic carbocycles. The van der Waals surface area contributed by atoms with Crippen LogP contribution in [-0.4, -0.2) is 37.7 Å². The number of rotatable bonds is 11. The number of ether oxygens (including phenoxy) is 3. The van der Waals surface area contributed by atoms with Gasteiger partial charge in [0.2, 0.25) is 0 Å². The summed E-state index contributed by atoms with van der Waals surface area (Å²) in [5.74, 6) is -0.773. The summed E-state index contributed by atoms with van der Waals surface area (Å²) < 4.78 is 14.9. The summed E-state index contributed by atoms with van der Waals surface area (Å²) in [6, 6.07) is 0. The molecule has 0 aliphatic heterocycles. The molecule has 122 valence electrons. The molecule has 0 heterocycles. The van der Waals surface area contributed by atoms with Crippen molar-refractivity contribution in [2.75, 3.05) is 13.7 Å². The quantitative estimate of drug-likeness (QED) is 0.331. The topological polar surface area (TPSA) is 78.9 Å². The summed E-state index contributed by atoms with van der Waals surface area (Å²) in [4.78, 5) is 33.4. The van der Waals surface area contributed by atoms with Gasteiger partial charge in [-0.1, -0.05) is 13.8 Å². The van der Waals surface area contributed by atoms with Crippen LogP contribution in [0, 0.1) is 0 Å². The SMILES string of the molecule is CCC(=O)OCC[C@@H](CCCCC(=O)OC)OC(=O)CC. The lowest BCUT2D eigenvalue weighted by atomic mass is 10.1. The van der Waals surface area contributed by atoms with Crippen molar-refractivity contribution in [3.05, 3.63) is 0 Å². The first-order valence-corrected chi connectivity index (χ1v) is 7.45. The molecule has 1 atom stereocenters. The Morgan fingerprint density at radius 2 is 1.57 bits per heavy atom. The third kappa shape index (κ3) is 10.8. The van der Waals surface area contributed by atoms with Crippen molar-refractivity contribution in [3.63, 3.8) is 0 Å². The minimum atomic E-state index is -0.278. The van der Waals surface area contributed by atoms with Gasteiger partial charge < -0.3 is 14.2 Å². The maximum atomic E-state index is 11.4. The molecule has 0 unspecified atom stereocenters. The molecule has 0 spiro atoms. The first-order valence-electron chi connectivity index (χ1n) is 7.45. The monoisotopic (exact) mass is 302 g/mol. The van der Waals surface area contributed by atoms with Gasteiger partial charge in [-0.25, -0.2) is 0 Å². The summed E-state index contributed by atoms with van der Waals surface area (Å²) in [6.07, 6.45) is 3.28. The summed E-state index contributed by atoms with van der Waals surface area (Å²) in [5, 5.41) is 0. The van der Waals surface area contributed by atoms with E-state index in [4.69, 9.17) is 9.47 Å². The first-order chi connectivity index (χ1) is 10.0. The number of carbonyl (C=O) groups is 3. The Balaban J connectivity index is 4.04. The van der Waals surface area contributed by atoms with E-state index in [9.17, 15) is 14.4 Å². The number of carbonyl (C=O) groups excluding carboxylic acids is 3. The van der Waals surface area contributed by atoms with E-state index in [1.165, 1.54) is 7.11 Å². The van der Waals surface area contributed by atoms with Crippen molar-refractivity contribution in [3.8, 4) is 0 Å². The Morgan fingerprint density at radius 1 is 0.905 bits per heavy atom. The molecular weight excluding hydrogens is 276 g/mol. The molecule has 0 saturated carbocycles. The van der Waals surface area contributed by atoms with E-state index < -0.39 is 0 Å². The van der Waals surface area contributed by atoms with E-state index in [1.54, 1.807) is 13.8 Å². The van der Waals surface area contributed by atoms with Gasteiger partial charge in [0, 0.05) is 25.7 Å². The van der Waals surface area contributed by atoms with Gasteiger partial charge in [0.1, 0.15) is 6.10 Å².